The SMILES string of the molecule is Cc1ccc2c(c1)C(N1C[C@@H]3CCCN[C@@H]3C1)CC2. The zero-order valence-electron chi connectivity index (χ0n) is 11.9. The van der Waals surface area contributed by atoms with Gasteiger partial charge in [-0.1, -0.05) is 23.8 Å². The molecule has 1 aromatic rings. The van der Waals surface area contributed by atoms with Gasteiger partial charge in [0.1, 0.15) is 0 Å². The lowest BCUT2D eigenvalue weighted by molar-refractivity contribution is 0.234. The topological polar surface area (TPSA) is 15.3 Å². The third-order valence-electron chi connectivity index (χ3n) is 5.42. The summed E-state index contributed by atoms with van der Waals surface area (Å²) < 4.78 is 0. The van der Waals surface area contributed by atoms with Gasteiger partial charge in [0.05, 0.1) is 0 Å². The molecule has 0 saturated carbocycles. The first-order valence-electron chi connectivity index (χ1n) is 7.88. The molecule has 0 amide bonds. The molecule has 3 atom stereocenters. The van der Waals surface area contributed by atoms with Gasteiger partial charge in [0.25, 0.3) is 0 Å². The number of nitrogens with one attached hydrogen (secondary N) is 1. The van der Waals surface area contributed by atoms with Crippen molar-refractivity contribution < 1.29 is 0 Å². The molecule has 3 aliphatic rings. The van der Waals surface area contributed by atoms with Crippen LogP contribution in [0.4, 0.5) is 0 Å². The molecule has 1 N–H and O–H groups in total. The molecule has 102 valence electrons. The van der Waals surface area contributed by atoms with Crippen LogP contribution >= 0.6 is 0 Å². The highest BCUT2D eigenvalue weighted by Gasteiger charge is 2.39. The summed E-state index contributed by atoms with van der Waals surface area (Å²) in [4.78, 5) is 2.76. The van der Waals surface area contributed by atoms with Gasteiger partial charge in [0.15, 0.2) is 0 Å². The van der Waals surface area contributed by atoms with Gasteiger partial charge in [-0.2, -0.15) is 0 Å². The summed E-state index contributed by atoms with van der Waals surface area (Å²) in [5.41, 5.74) is 4.64. The quantitative estimate of drug-likeness (QED) is 0.831. The third kappa shape index (κ3) is 2.02. The number of benzene rings is 1. The number of aryl methyl sites for hydroxylation is 2. The minimum Gasteiger partial charge on any atom is -0.312 e. The maximum absolute atomic E-state index is 3.73. The van der Waals surface area contributed by atoms with E-state index in [2.05, 4.69) is 35.3 Å². The number of hydrogen-bond acceptors (Lipinski definition) is 2. The van der Waals surface area contributed by atoms with Crippen LogP contribution in [0.2, 0.25) is 0 Å². The van der Waals surface area contributed by atoms with Crippen molar-refractivity contribution in [1.82, 2.24) is 10.2 Å². The Morgan fingerprint density at radius 2 is 2.16 bits per heavy atom. The van der Waals surface area contributed by atoms with Gasteiger partial charge in [0, 0.05) is 25.2 Å². The zero-order valence-corrected chi connectivity index (χ0v) is 11.9. The third-order valence-corrected chi connectivity index (χ3v) is 5.42. The largest absolute Gasteiger partial charge is 0.312 e. The van der Waals surface area contributed by atoms with E-state index < -0.39 is 0 Å². The molecule has 0 radical (unpaired) electrons. The van der Waals surface area contributed by atoms with Crippen molar-refractivity contribution in [1.29, 1.82) is 0 Å². The Morgan fingerprint density at radius 3 is 3.05 bits per heavy atom. The van der Waals surface area contributed by atoms with Crippen molar-refractivity contribution in [3.8, 4) is 0 Å². The molecule has 2 aliphatic heterocycles. The predicted octanol–water partition coefficient (Wildman–Crippen LogP) is 2.67. The van der Waals surface area contributed by atoms with E-state index in [1.807, 2.05) is 0 Å². The summed E-state index contributed by atoms with van der Waals surface area (Å²) in [5.74, 6) is 0.905. The Morgan fingerprint density at radius 1 is 1.21 bits per heavy atom. The summed E-state index contributed by atoms with van der Waals surface area (Å²) in [6, 6.07) is 8.52. The lowest BCUT2D eigenvalue weighted by atomic mass is 9.94. The van der Waals surface area contributed by atoms with Crippen molar-refractivity contribution in [2.75, 3.05) is 19.6 Å². The van der Waals surface area contributed by atoms with Crippen LogP contribution in [0.1, 0.15) is 42.0 Å². The van der Waals surface area contributed by atoms with E-state index in [9.17, 15) is 0 Å². The molecule has 19 heavy (non-hydrogen) atoms. The van der Waals surface area contributed by atoms with Crippen LogP contribution in [0, 0.1) is 12.8 Å². The van der Waals surface area contributed by atoms with Gasteiger partial charge < -0.3 is 5.32 Å². The summed E-state index contributed by atoms with van der Waals surface area (Å²) in [6.07, 6.45) is 5.41. The number of fused-ring (bicyclic) bond motifs is 2. The molecule has 2 heterocycles. The second-order valence-corrected chi connectivity index (χ2v) is 6.67. The second-order valence-electron chi connectivity index (χ2n) is 6.67. The van der Waals surface area contributed by atoms with Crippen LogP contribution in [-0.2, 0) is 6.42 Å². The standard InChI is InChI=1S/C17H24N2/c1-12-4-5-13-6-7-17(15(13)9-12)19-10-14-3-2-8-18-16(14)11-19/h4-5,9,14,16-18H,2-3,6-8,10-11H2,1H3/t14-,16+,17?/m0/s1. The minimum absolute atomic E-state index is 0.697. The van der Waals surface area contributed by atoms with Gasteiger partial charge in [0.2, 0.25) is 0 Å². The number of likely N-dealkylation sites (tertiary alicyclic amines) is 1. The van der Waals surface area contributed by atoms with Crippen molar-refractivity contribution in [3.05, 3.63) is 34.9 Å². The second kappa shape index (κ2) is 4.60. The Kier molecular flexibility index (Phi) is 2.89. The smallest absolute Gasteiger partial charge is 0.0354 e. The molecule has 0 aromatic heterocycles. The Labute approximate surface area is 116 Å². The van der Waals surface area contributed by atoms with E-state index in [0.29, 0.717) is 6.04 Å². The van der Waals surface area contributed by atoms with E-state index in [1.165, 1.54) is 50.9 Å². The van der Waals surface area contributed by atoms with E-state index in [4.69, 9.17) is 0 Å². The van der Waals surface area contributed by atoms with Gasteiger partial charge in [-0.3, -0.25) is 4.90 Å². The number of rotatable bonds is 1. The Bertz CT molecular complexity index is 468. The first-order chi connectivity index (χ1) is 9.31. The van der Waals surface area contributed by atoms with Crippen LogP contribution in [0.5, 0.6) is 0 Å². The summed E-state index contributed by atoms with van der Waals surface area (Å²) in [5, 5.41) is 3.73. The highest BCUT2D eigenvalue weighted by Crippen LogP contribution is 2.40. The van der Waals surface area contributed by atoms with Crippen LogP contribution in [-0.4, -0.2) is 30.6 Å². The van der Waals surface area contributed by atoms with Crippen LogP contribution in [0.15, 0.2) is 18.2 Å². The lowest BCUT2D eigenvalue weighted by Crippen LogP contribution is -2.40. The van der Waals surface area contributed by atoms with E-state index in [-0.39, 0.29) is 0 Å². The molecular formula is C17H24N2. The number of piperidine rings is 1. The first-order valence-corrected chi connectivity index (χ1v) is 7.88. The van der Waals surface area contributed by atoms with Gasteiger partial charge in [-0.05, 0) is 56.2 Å². The summed E-state index contributed by atoms with van der Waals surface area (Å²) >= 11 is 0. The number of hydrogen-bond donors (Lipinski definition) is 1. The molecule has 1 aliphatic carbocycles. The maximum atomic E-state index is 3.73. The zero-order chi connectivity index (χ0) is 12.8. The van der Waals surface area contributed by atoms with Gasteiger partial charge in [-0.25, -0.2) is 0 Å². The maximum Gasteiger partial charge on any atom is 0.0354 e. The van der Waals surface area contributed by atoms with Crippen LogP contribution in [0.3, 0.4) is 0 Å². The van der Waals surface area contributed by atoms with Gasteiger partial charge in [-0.15, -0.1) is 0 Å². The van der Waals surface area contributed by atoms with Gasteiger partial charge >= 0.3 is 0 Å². The molecule has 0 spiro atoms. The fraction of sp³-hybridized carbons (Fsp3) is 0.647. The highest BCUT2D eigenvalue weighted by molar-refractivity contribution is 5.38. The molecule has 2 nitrogen and oxygen atoms in total. The van der Waals surface area contributed by atoms with E-state index >= 15 is 0 Å². The van der Waals surface area contributed by atoms with Crippen molar-refractivity contribution in [3.63, 3.8) is 0 Å². The fourth-order valence-electron chi connectivity index (χ4n) is 4.41. The first kappa shape index (κ1) is 11.9. The average molecular weight is 256 g/mol. The predicted molar refractivity (Wildman–Crippen MR) is 78.3 cm³/mol. The van der Waals surface area contributed by atoms with E-state index in [0.717, 1.165) is 12.0 Å². The molecule has 1 aromatic carbocycles. The molecule has 2 saturated heterocycles. The van der Waals surface area contributed by atoms with Crippen molar-refractivity contribution in [2.45, 2.75) is 44.7 Å². The van der Waals surface area contributed by atoms with Crippen molar-refractivity contribution >= 4 is 0 Å². The summed E-state index contributed by atoms with van der Waals surface area (Å²) in [6.45, 7) is 6.04. The number of nitrogens with zero attached hydrogens (tertiary/aromatic N) is 1. The van der Waals surface area contributed by atoms with Crippen LogP contribution in [0.25, 0.3) is 0 Å². The Hall–Kier alpha value is -0.860. The molecule has 4 rings (SSSR count). The molecule has 1 unspecified atom stereocenters. The molecule has 2 fully saturated rings. The fourth-order valence-corrected chi connectivity index (χ4v) is 4.41. The molecular weight excluding hydrogens is 232 g/mol. The lowest BCUT2D eigenvalue weighted by Gasteiger charge is -2.25. The average Bonchev–Trinajstić information content (AvgIpc) is 3.00. The molecule has 0 bridgehead atoms. The van der Waals surface area contributed by atoms with Crippen LogP contribution < -0.4 is 5.32 Å². The monoisotopic (exact) mass is 256 g/mol. The highest BCUT2D eigenvalue weighted by atomic mass is 15.2. The Balaban J connectivity index is 1.57. The van der Waals surface area contributed by atoms with E-state index in [1.54, 1.807) is 11.1 Å². The normalized spacial score (nSPS) is 34.3. The minimum atomic E-state index is 0.697. The molecule has 2 heteroatoms. The summed E-state index contributed by atoms with van der Waals surface area (Å²) in [7, 11) is 0. The van der Waals surface area contributed by atoms with Crippen molar-refractivity contribution in [2.24, 2.45) is 5.92 Å².